The van der Waals surface area contributed by atoms with Crippen molar-refractivity contribution in [3.8, 4) is 11.5 Å². The molecule has 0 heterocycles. The molecule has 5 heteroatoms. The van der Waals surface area contributed by atoms with Gasteiger partial charge in [0.25, 0.3) is 0 Å². The van der Waals surface area contributed by atoms with Gasteiger partial charge < -0.3 is 14.8 Å². The SMILES string of the molecule is COc1cc(CNc2cc(Cl)ccc2F)cc(OC)c1. The van der Waals surface area contributed by atoms with Crippen LogP contribution in [0.3, 0.4) is 0 Å². The molecular weight excluding hydrogens is 281 g/mol. The summed E-state index contributed by atoms with van der Waals surface area (Å²) in [5.41, 5.74) is 1.28. The molecule has 0 amide bonds. The lowest BCUT2D eigenvalue weighted by molar-refractivity contribution is 0.393. The van der Waals surface area contributed by atoms with Crippen molar-refractivity contribution in [2.24, 2.45) is 0 Å². The molecule has 0 atom stereocenters. The number of rotatable bonds is 5. The van der Waals surface area contributed by atoms with Crippen molar-refractivity contribution >= 4 is 17.3 Å². The zero-order valence-electron chi connectivity index (χ0n) is 11.2. The molecule has 2 aromatic carbocycles. The molecule has 0 fully saturated rings. The highest BCUT2D eigenvalue weighted by molar-refractivity contribution is 6.30. The number of anilines is 1. The Bertz CT molecular complexity index is 582. The molecule has 0 aliphatic rings. The fourth-order valence-corrected chi connectivity index (χ4v) is 1.97. The quantitative estimate of drug-likeness (QED) is 0.900. The Labute approximate surface area is 122 Å². The topological polar surface area (TPSA) is 30.5 Å². The highest BCUT2D eigenvalue weighted by atomic mass is 35.5. The van der Waals surface area contributed by atoms with E-state index in [0.29, 0.717) is 28.8 Å². The van der Waals surface area contributed by atoms with E-state index >= 15 is 0 Å². The van der Waals surface area contributed by atoms with Gasteiger partial charge in [0.2, 0.25) is 0 Å². The van der Waals surface area contributed by atoms with Crippen LogP contribution in [0.2, 0.25) is 5.02 Å². The first-order chi connectivity index (χ1) is 9.62. The second-order valence-electron chi connectivity index (χ2n) is 4.20. The van der Waals surface area contributed by atoms with Crippen LogP contribution in [0, 0.1) is 5.82 Å². The largest absolute Gasteiger partial charge is 0.497 e. The minimum absolute atomic E-state index is 0.343. The molecule has 0 saturated heterocycles. The highest BCUT2D eigenvalue weighted by Crippen LogP contribution is 2.24. The van der Waals surface area contributed by atoms with E-state index in [-0.39, 0.29) is 5.82 Å². The van der Waals surface area contributed by atoms with Gasteiger partial charge >= 0.3 is 0 Å². The first kappa shape index (κ1) is 14.5. The van der Waals surface area contributed by atoms with Crippen LogP contribution in [0.1, 0.15) is 5.56 Å². The maximum atomic E-state index is 13.6. The number of nitrogens with one attached hydrogen (secondary N) is 1. The second kappa shape index (κ2) is 6.48. The molecule has 0 aliphatic carbocycles. The first-order valence-electron chi connectivity index (χ1n) is 6.03. The van der Waals surface area contributed by atoms with Gasteiger partial charge in [-0.05, 0) is 35.9 Å². The van der Waals surface area contributed by atoms with Gasteiger partial charge in [-0.25, -0.2) is 4.39 Å². The van der Waals surface area contributed by atoms with Gasteiger partial charge in [-0.3, -0.25) is 0 Å². The summed E-state index contributed by atoms with van der Waals surface area (Å²) in [4.78, 5) is 0. The number of hydrogen-bond acceptors (Lipinski definition) is 3. The van der Waals surface area contributed by atoms with Crippen LogP contribution in [-0.2, 0) is 6.54 Å². The van der Waals surface area contributed by atoms with Crippen LogP contribution in [0.5, 0.6) is 11.5 Å². The minimum Gasteiger partial charge on any atom is -0.497 e. The van der Waals surface area contributed by atoms with E-state index in [9.17, 15) is 4.39 Å². The molecule has 0 spiro atoms. The summed E-state index contributed by atoms with van der Waals surface area (Å²) in [6.07, 6.45) is 0. The molecule has 0 saturated carbocycles. The van der Waals surface area contributed by atoms with Crippen LogP contribution in [0.25, 0.3) is 0 Å². The predicted octanol–water partition coefficient (Wildman–Crippen LogP) is 4.11. The Kier molecular flexibility index (Phi) is 4.69. The molecule has 20 heavy (non-hydrogen) atoms. The molecule has 1 N–H and O–H groups in total. The summed E-state index contributed by atoms with van der Waals surface area (Å²) in [6.45, 7) is 0.435. The monoisotopic (exact) mass is 295 g/mol. The van der Waals surface area contributed by atoms with Gasteiger partial charge in [0.05, 0.1) is 19.9 Å². The summed E-state index contributed by atoms with van der Waals surface area (Å²) in [7, 11) is 3.17. The molecule has 0 bridgehead atoms. The van der Waals surface area contributed by atoms with E-state index < -0.39 is 0 Å². The van der Waals surface area contributed by atoms with E-state index in [1.54, 1.807) is 26.4 Å². The molecule has 0 aromatic heterocycles. The van der Waals surface area contributed by atoms with Crippen molar-refractivity contribution in [3.63, 3.8) is 0 Å². The standard InChI is InChI=1S/C15H15ClFNO2/c1-19-12-5-10(6-13(8-12)20-2)9-18-15-7-11(16)3-4-14(15)17/h3-8,18H,9H2,1-2H3. The average molecular weight is 296 g/mol. The van der Waals surface area contributed by atoms with E-state index in [1.807, 2.05) is 12.1 Å². The second-order valence-corrected chi connectivity index (χ2v) is 4.64. The Balaban J connectivity index is 2.16. The molecule has 2 rings (SSSR count). The maximum Gasteiger partial charge on any atom is 0.146 e. The smallest absolute Gasteiger partial charge is 0.146 e. The molecule has 0 unspecified atom stereocenters. The third kappa shape index (κ3) is 3.54. The molecule has 2 aromatic rings. The van der Waals surface area contributed by atoms with Gasteiger partial charge in [-0.15, -0.1) is 0 Å². The Morgan fingerprint density at radius 3 is 2.30 bits per heavy atom. The van der Waals surface area contributed by atoms with Crippen molar-refractivity contribution in [3.05, 3.63) is 52.8 Å². The zero-order chi connectivity index (χ0) is 14.5. The minimum atomic E-state index is -0.343. The van der Waals surface area contributed by atoms with E-state index in [4.69, 9.17) is 21.1 Å². The van der Waals surface area contributed by atoms with Crippen LogP contribution in [0.15, 0.2) is 36.4 Å². The van der Waals surface area contributed by atoms with Crippen molar-refractivity contribution in [2.45, 2.75) is 6.54 Å². The Morgan fingerprint density at radius 2 is 1.70 bits per heavy atom. The summed E-state index contributed by atoms with van der Waals surface area (Å²) < 4.78 is 24.0. The Hall–Kier alpha value is -1.94. The van der Waals surface area contributed by atoms with Gasteiger partial charge in [-0.2, -0.15) is 0 Å². The summed E-state index contributed by atoms with van der Waals surface area (Å²) >= 11 is 5.85. The van der Waals surface area contributed by atoms with E-state index in [1.165, 1.54) is 12.1 Å². The predicted molar refractivity (Wildman–Crippen MR) is 78.3 cm³/mol. The lowest BCUT2D eigenvalue weighted by Crippen LogP contribution is -2.02. The fraction of sp³-hybridized carbons (Fsp3) is 0.200. The van der Waals surface area contributed by atoms with Crippen molar-refractivity contribution in [1.29, 1.82) is 0 Å². The molecule has 0 radical (unpaired) electrons. The number of hydrogen-bond donors (Lipinski definition) is 1. The average Bonchev–Trinajstić information content (AvgIpc) is 2.47. The van der Waals surface area contributed by atoms with Crippen molar-refractivity contribution < 1.29 is 13.9 Å². The number of halogens is 2. The van der Waals surface area contributed by atoms with E-state index in [0.717, 1.165) is 5.56 Å². The van der Waals surface area contributed by atoms with Crippen LogP contribution < -0.4 is 14.8 Å². The molecular formula is C15H15ClFNO2. The van der Waals surface area contributed by atoms with Crippen LogP contribution in [0.4, 0.5) is 10.1 Å². The van der Waals surface area contributed by atoms with Crippen LogP contribution >= 0.6 is 11.6 Å². The van der Waals surface area contributed by atoms with Gasteiger partial charge in [0.1, 0.15) is 17.3 Å². The van der Waals surface area contributed by atoms with Gasteiger partial charge in [-0.1, -0.05) is 11.6 Å². The first-order valence-corrected chi connectivity index (χ1v) is 6.41. The van der Waals surface area contributed by atoms with Gasteiger partial charge in [0, 0.05) is 17.6 Å². The summed E-state index contributed by atoms with van der Waals surface area (Å²) in [5, 5.41) is 3.49. The summed E-state index contributed by atoms with van der Waals surface area (Å²) in [5.74, 6) is 1.03. The lowest BCUT2D eigenvalue weighted by Gasteiger charge is -2.11. The highest BCUT2D eigenvalue weighted by Gasteiger charge is 2.05. The number of ether oxygens (including phenoxy) is 2. The number of methoxy groups -OCH3 is 2. The fourth-order valence-electron chi connectivity index (χ4n) is 1.80. The zero-order valence-corrected chi connectivity index (χ0v) is 12.0. The molecule has 106 valence electrons. The van der Waals surface area contributed by atoms with Crippen molar-refractivity contribution in [1.82, 2.24) is 0 Å². The normalized spacial score (nSPS) is 10.2. The third-order valence-corrected chi connectivity index (χ3v) is 3.06. The number of benzene rings is 2. The molecule has 0 aliphatic heterocycles. The van der Waals surface area contributed by atoms with Crippen molar-refractivity contribution in [2.75, 3.05) is 19.5 Å². The van der Waals surface area contributed by atoms with Gasteiger partial charge in [0.15, 0.2) is 0 Å². The third-order valence-electron chi connectivity index (χ3n) is 2.82. The van der Waals surface area contributed by atoms with E-state index in [2.05, 4.69) is 5.32 Å². The summed E-state index contributed by atoms with van der Waals surface area (Å²) in [6, 6.07) is 9.89. The van der Waals surface area contributed by atoms with Crippen LogP contribution in [-0.4, -0.2) is 14.2 Å². The Morgan fingerprint density at radius 1 is 1.05 bits per heavy atom. The maximum absolute atomic E-state index is 13.6. The lowest BCUT2D eigenvalue weighted by atomic mass is 10.2. The molecule has 3 nitrogen and oxygen atoms in total.